The molecule has 3 nitrogen and oxygen atoms in total. The van der Waals surface area contributed by atoms with Gasteiger partial charge in [-0.1, -0.05) is 17.8 Å². The minimum atomic E-state index is -3.16. The van der Waals surface area contributed by atoms with Crippen molar-refractivity contribution in [3.63, 3.8) is 0 Å². The number of sulfone groups is 1. The van der Waals surface area contributed by atoms with Gasteiger partial charge >= 0.3 is 0 Å². The maximum atomic E-state index is 11.4. The van der Waals surface area contributed by atoms with Gasteiger partial charge in [0.2, 0.25) is 0 Å². The first-order chi connectivity index (χ1) is 9.40. The van der Waals surface area contributed by atoms with Crippen molar-refractivity contribution in [2.24, 2.45) is 0 Å². The van der Waals surface area contributed by atoms with Crippen molar-refractivity contribution in [2.45, 2.75) is 21.6 Å². The van der Waals surface area contributed by atoms with E-state index in [0.717, 1.165) is 21.6 Å². The van der Waals surface area contributed by atoms with Gasteiger partial charge in [-0.25, -0.2) is 8.42 Å². The van der Waals surface area contributed by atoms with Gasteiger partial charge in [0.25, 0.3) is 0 Å². The zero-order valence-corrected chi connectivity index (χ0v) is 12.8. The maximum absolute atomic E-state index is 11.4. The number of aldehydes is 1. The molecule has 5 heteroatoms. The molecule has 104 valence electrons. The Morgan fingerprint density at radius 2 is 1.70 bits per heavy atom. The molecule has 0 unspecified atom stereocenters. The molecule has 0 amide bonds. The topological polar surface area (TPSA) is 51.2 Å². The van der Waals surface area contributed by atoms with Crippen LogP contribution in [0.4, 0.5) is 0 Å². The van der Waals surface area contributed by atoms with Crippen molar-refractivity contribution < 1.29 is 13.2 Å². The van der Waals surface area contributed by atoms with Crippen LogP contribution in [0.1, 0.15) is 15.9 Å². The summed E-state index contributed by atoms with van der Waals surface area (Å²) >= 11 is 1.54. The van der Waals surface area contributed by atoms with E-state index in [1.807, 2.05) is 19.1 Å². The largest absolute Gasteiger partial charge is 0.298 e. The molecule has 2 rings (SSSR count). The molecule has 0 radical (unpaired) electrons. The Morgan fingerprint density at radius 3 is 2.20 bits per heavy atom. The van der Waals surface area contributed by atoms with E-state index in [1.54, 1.807) is 42.1 Å². The molecule has 0 heterocycles. The number of carbonyl (C=O) groups is 1. The molecule has 0 saturated heterocycles. The zero-order chi connectivity index (χ0) is 14.8. The van der Waals surface area contributed by atoms with Crippen LogP contribution in [-0.4, -0.2) is 21.0 Å². The van der Waals surface area contributed by atoms with Crippen LogP contribution >= 0.6 is 11.8 Å². The van der Waals surface area contributed by atoms with Gasteiger partial charge in [-0.05, 0) is 48.9 Å². The average Bonchev–Trinajstić information content (AvgIpc) is 2.40. The Balaban J connectivity index is 2.24. The number of aryl methyl sites for hydroxylation is 1. The summed E-state index contributed by atoms with van der Waals surface area (Å²) in [4.78, 5) is 13.0. The third-order valence-corrected chi connectivity index (χ3v) is 5.13. The summed E-state index contributed by atoms with van der Waals surface area (Å²) in [7, 11) is -3.16. The van der Waals surface area contributed by atoms with Gasteiger partial charge in [-0.15, -0.1) is 0 Å². The van der Waals surface area contributed by atoms with Crippen molar-refractivity contribution in [1.29, 1.82) is 0 Å². The van der Waals surface area contributed by atoms with Gasteiger partial charge in [0.1, 0.15) is 6.29 Å². The molecule has 2 aromatic rings. The summed E-state index contributed by atoms with van der Waals surface area (Å²) in [6, 6.07) is 12.3. The minimum absolute atomic E-state index is 0.315. The highest BCUT2D eigenvalue weighted by atomic mass is 32.2. The van der Waals surface area contributed by atoms with E-state index in [2.05, 4.69) is 0 Å². The van der Waals surface area contributed by atoms with Crippen molar-refractivity contribution in [3.05, 3.63) is 53.6 Å². The molecule has 2 aromatic carbocycles. The van der Waals surface area contributed by atoms with Crippen molar-refractivity contribution in [2.75, 3.05) is 6.26 Å². The lowest BCUT2D eigenvalue weighted by Crippen LogP contribution is -1.96. The Morgan fingerprint density at radius 1 is 1.05 bits per heavy atom. The summed E-state index contributed by atoms with van der Waals surface area (Å²) in [6.07, 6.45) is 2.01. The number of benzene rings is 2. The SMILES string of the molecule is Cc1cc(C=O)ccc1Sc1ccc(S(C)(=O)=O)cc1. The van der Waals surface area contributed by atoms with Crippen LogP contribution in [0.5, 0.6) is 0 Å². The lowest BCUT2D eigenvalue weighted by molar-refractivity contribution is 0.112. The second kappa shape index (κ2) is 5.81. The number of hydrogen-bond donors (Lipinski definition) is 0. The van der Waals surface area contributed by atoms with Gasteiger partial charge in [0, 0.05) is 21.6 Å². The highest BCUT2D eigenvalue weighted by Gasteiger charge is 2.07. The number of carbonyl (C=O) groups excluding carboxylic acids is 1. The molecule has 0 fully saturated rings. The van der Waals surface area contributed by atoms with E-state index in [0.29, 0.717) is 10.5 Å². The smallest absolute Gasteiger partial charge is 0.175 e. The number of hydrogen-bond acceptors (Lipinski definition) is 4. The van der Waals surface area contributed by atoms with Crippen LogP contribution in [-0.2, 0) is 9.84 Å². The first-order valence-corrected chi connectivity index (χ1v) is 8.65. The van der Waals surface area contributed by atoms with Crippen LogP contribution in [0.3, 0.4) is 0 Å². The molecular formula is C15H14O3S2. The predicted molar refractivity (Wildman–Crippen MR) is 80.2 cm³/mol. The molecule has 0 aromatic heterocycles. The Bertz CT molecular complexity index is 732. The van der Waals surface area contributed by atoms with E-state index >= 15 is 0 Å². The van der Waals surface area contributed by atoms with Gasteiger partial charge in [0.15, 0.2) is 9.84 Å². The Hall–Kier alpha value is -1.59. The summed E-state index contributed by atoms with van der Waals surface area (Å²) in [5, 5.41) is 0. The molecule has 0 bridgehead atoms. The van der Waals surface area contributed by atoms with Crippen molar-refractivity contribution in [3.8, 4) is 0 Å². The summed E-state index contributed by atoms with van der Waals surface area (Å²) in [5.74, 6) is 0. The van der Waals surface area contributed by atoms with Gasteiger partial charge < -0.3 is 0 Å². The molecular weight excluding hydrogens is 292 g/mol. The van der Waals surface area contributed by atoms with Crippen molar-refractivity contribution in [1.82, 2.24) is 0 Å². The lowest BCUT2D eigenvalue weighted by atomic mass is 10.2. The Kier molecular flexibility index (Phi) is 4.30. The second-order valence-corrected chi connectivity index (χ2v) is 7.62. The zero-order valence-electron chi connectivity index (χ0n) is 11.2. The first-order valence-electron chi connectivity index (χ1n) is 5.94. The highest BCUT2D eigenvalue weighted by molar-refractivity contribution is 7.99. The third kappa shape index (κ3) is 3.49. The summed E-state index contributed by atoms with van der Waals surface area (Å²) < 4.78 is 22.8. The fourth-order valence-electron chi connectivity index (χ4n) is 1.74. The van der Waals surface area contributed by atoms with Crippen LogP contribution in [0.15, 0.2) is 57.2 Å². The minimum Gasteiger partial charge on any atom is -0.298 e. The molecule has 0 aliphatic heterocycles. The number of rotatable bonds is 4. The molecule has 0 atom stereocenters. The first kappa shape index (κ1) is 14.8. The predicted octanol–water partition coefficient (Wildman–Crippen LogP) is 3.36. The summed E-state index contributed by atoms with van der Waals surface area (Å²) in [5.41, 5.74) is 1.67. The fraction of sp³-hybridized carbons (Fsp3) is 0.133. The van der Waals surface area contributed by atoms with Gasteiger partial charge in [0.05, 0.1) is 4.90 Å². The van der Waals surface area contributed by atoms with Crippen LogP contribution in [0.25, 0.3) is 0 Å². The quantitative estimate of drug-likeness (QED) is 0.813. The van der Waals surface area contributed by atoms with Gasteiger partial charge in [-0.3, -0.25) is 4.79 Å². The molecule has 0 aliphatic rings. The average molecular weight is 306 g/mol. The van der Waals surface area contributed by atoms with E-state index in [1.165, 1.54) is 6.26 Å². The van der Waals surface area contributed by atoms with Crippen molar-refractivity contribution >= 4 is 27.9 Å². The van der Waals surface area contributed by atoms with Crippen LogP contribution < -0.4 is 0 Å². The van der Waals surface area contributed by atoms with E-state index in [9.17, 15) is 13.2 Å². The summed E-state index contributed by atoms with van der Waals surface area (Å²) in [6.45, 7) is 1.94. The Labute approximate surface area is 122 Å². The lowest BCUT2D eigenvalue weighted by Gasteiger charge is -2.07. The molecule has 0 spiro atoms. The monoisotopic (exact) mass is 306 g/mol. The normalized spacial score (nSPS) is 11.3. The molecule has 0 N–H and O–H groups in total. The fourth-order valence-corrected chi connectivity index (χ4v) is 3.25. The van der Waals surface area contributed by atoms with Crippen LogP contribution in [0, 0.1) is 6.92 Å². The third-order valence-electron chi connectivity index (χ3n) is 2.81. The second-order valence-electron chi connectivity index (χ2n) is 4.49. The van der Waals surface area contributed by atoms with E-state index in [-0.39, 0.29) is 0 Å². The highest BCUT2D eigenvalue weighted by Crippen LogP contribution is 2.31. The molecule has 20 heavy (non-hydrogen) atoms. The van der Waals surface area contributed by atoms with Gasteiger partial charge in [-0.2, -0.15) is 0 Å². The molecule has 0 aliphatic carbocycles. The maximum Gasteiger partial charge on any atom is 0.175 e. The van der Waals surface area contributed by atoms with E-state index in [4.69, 9.17) is 0 Å². The van der Waals surface area contributed by atoms with Crippen LogP contribution in [0.2, 0.25) is 0 Å². The van der Waals surface area contributed by atoms with E-state index < -0.39 is 9.84 Å². The molecule has 0 saturated carbocycles. The standard InChI is InChI=1S/C15H14O3S2/c1-11-9-12(10-16)3-8-15(11)19-13-4-6-14(7-5-13)20(2,17)18/h3-10H,1-2H3.